The average molecular weight is 334 g/mol. The highest BCUT2D eigenvalue weighted by molar-refractivity contribution is 7.90. The maximum Gasteiger partial charge on any atom is 0.314 e. The van der Waals surface area contributed by atoms with Gasteiger partial charge in [0.15, 0.2) is 0 Å². The van der Waals surface area contributed by atoms with Crippen molar-refractivity contribution in [2.24, 2.45) is 0 Å². The van der Waals surface area contributed by atoms with E-state index in [-0.39, 0.29) is 18.1 Å². The molecule has 0 unspecified atom stereocenters. The van der Waals surface area contributed by atoms with Crippen molar-refractivity contribution < 1.29 is 18.0 Å². The van der Waals surface area contributed by atoms with Crippen LogP contribution in [-0.4, -0.2) is 43.8 Å². The second-order valence-corrected chi connectivity index (χ2v) is 7.10. The molecule has 0 aliphatic rings. The van der Waals surface area contributed by atoms with Gasteiger partial charge in [0, 0.05) is 24.8 Å². The summed E-state index contributed by atoms with van der Waals surface area (Å²) in [6.07, 6.45) is 3.41. The number of amides is 2. The zero-order chi connectivity index (χ0) is 15.9. The van der Waals surface area contributed by atoms with Crippen LogP contribution in [0, 0.1) is 0 Å². The Morgan fingerprint density at radius 3 is 2.52 bits per heavy atom. The number of aromatic nitrogens is 1. The molecule has 0 aliphatic heterocycles. The van der Waals surface area contributed by atoms with E-state index >= 15 is 0 Å². The third-order valence-corrected chi connectivity index (χ3v) is 3.66. The summed E-state index contributed by atoms with van der Waals surface area (Å²) in [6, 6.07) is 3.01. The minimum absolute atomic E-state index is 0.0593. The van der Waals surface area contributed by atoms with E-state index < -0.39 is 21.7 Å². The first-order valence-corrected chi connectivity index (χ1v) is 8.60. The van der Waals surface area contributed by atoms with Crippen LogP contribution in [0.25, 0.3) is 0 Å². The molecule has 0 atom stereocenters. The zero-order valence-electron chi connectivity index (χ0n) is 11.4. The van der Waals surface area contributed by atoms with Gasteiger partial charge in [-0.3, -0.25) is 9.59 Å². The molecule has 1 aromatic rings. The molecular formula is C12H16ClN3O4S. The lowest BCUT2D eigenvalue weighted by atomic mass is 10.3. The van der Waals surface area contributed by atoms with Gasteiger partial charge in [-0.1, -0.05) is 11.6 Å². The van der Waals surface area contributed by atoms with Crippen molar-refractivity contribution in [1.82, 2.24) is 10.3 Å². The maximum absolute atomic E-state index is 11.5. The molecule has 1 aromatic heterocycles. The van der Waals surface area contributed by atoms with Crippen molar-refractivity contribution >= 4 is 39.1 Å². The van der Waals surface area contributed by atoms with Gasteiger partial charge in [0.25, 0.3) is 0 Å². The van der Waals surface area contributed by atoms with Gasteiger partial charge in [-0.2, -0.15) is 0 Å². The molecule has 0 aromatic carbocycles. The highest BCUT2D eigenvalue weighted by Gasteiger charge is 2.13. The molecule has 1 rings (SSSR count). The number of rotatable bonds is 6. The minimum Gasteiger partial charge on any atom is -0.348 e. The number of hydrogen-bond donors (Lipinski definition) is 2. The van der Waals surface area contributed by atoms with E-state index in [0.29, 0.717) is 17.9 Å². The van der Waals surface area contributed by atoms with Crippen LogP contribution in [0.4, 0.5) is 5.82 Å². The Kier molecular flexibility index (Phi) is 6.57. The van der Waals surface area contributed by atoms with Crippen molar-refractivity contribution in [3.63, 3.8) is 0 Å². The predicted molar refractivity (Wildman–Crippen MR) is 79.8 cm³/mol. The van der Waals surface area contributed by atoms with Crippen LogP contribution < -0.4 is 10.6 Å². The Morgan fingerprint density at radius 2 is 1.95 bits per heavy atom. The quantitative estimate of drug-likeness (QED) is 0.586. The zero-order valence-corrected chi connectivity index (χ0v) is 13.0. The van der Waals surface area contributed by atoms with Crippen LogP contribution in [0.1, 0.15) is 12.8 Å². The second-order valence-electron chi connectivity index (χ2n) is 4.41. The monoisotopic (exact) mass is 333 g/mol. The largest absolute Gasteiger partial charge is 0.348 e. The number of nitrogens with one attached hydrogen (secondary N) is 2. The third-order valence-electron chi connectivity index (χ3n) is 2.40. The summed E-state index contributed by atoms with van der Waals surface area (Å²) in [6.45, 7) is 0.232. The lowest BCUT2D eigenvalue weighted by Gasteiger charge is -2.05. The number of pyridine rings is 1. The van der Waals surface area contributed by atoms with E-state index in [1.807, 2.05) is 0 Å². The molecule has 0 aliphatic carbocycles. The summed E-state index contributed by atoms with van der Waals surface area (Å²) < 4.78 is 21.8. The third kappa shape index (κ3) is 7.62. The number of nitrogens with zero attached hydrogens (tertiary/aromatic N) is 1. The van der Waals surface area contributed by atoms with Gasteiger partial charge < -0.3 is 10.6 Å². The molecule has 21 heavy (non-hydrogen) atoms. The first-order chi connectivity index (χ1) is 9.78. The highest BCUT2D eigenvalue weighted by Crippen LogP contribution is 2.09. The number of halogens is 1. The topological polar surface area (TPSA) is 105 Å². The Morgan fingerprint density at radius 1 is 1.24 bits per heavy atom. The SMILES string of the molecule is CS(=O)(=O)CCCCNC(=O)C(=O)Nc1ccc(Cl)cn1. The molecule has 2 N–H and O–H groups in total. The molecule has 0 radical (unpaired) electrons. The molecule has 7 nitrogen and oxygen atoms in total. The molecule has 0 fully saturated rings. The van der Waals surface area contributed by atoms with Gasteiger partial charge in [-0.15, -0.1) is 0 Å². The summed E-state index contributed by atoms with van der Waals surface area (Å²) in [4.78, 5) is 26.8. The predicted octanol–water partition coefficient (Wildman–Crippen LogP) is 0.615. The Labute approximate surface area is 128 Å². The maximum atomic E-state index is 11.5. The Balaban J connectivity index is 2.28. The van der Waals surface area contributed by atoms with Crippen LogP contribution in [0.5, 0.6) is 0 Å². The molecule has 9 heteroatoms. The van der Waals surface area contributed by atoms with Gasteiger partial charge in [0.1, 0.15) is 15.7 Å². The van der Waals surface area contributed by atoms with Crippen LogP contribution in [0.3, 0.4) is 0 Å². The number of sulfone groups is 1. The van der Waals surface area contributed by atoms with E-state index in [1.165, 1.54) is 18.3 Å². The van der Waals surface area contributed by atoms with E-state index in [1.54, 1.807) is 0 Å². The van der Waals surface area contributed by atoms with Crippen molar-refractivity contribution in [2.75, 3.05) is 23.9 Å². The van der Waals surface area contributed by atoms with Crippen molar-refractivity contribution in [1.29, 1.82) is 0 Å². The second kappa shape index (κ2) is 7.94. The number of carbonyl (C=O) groups is 2. The van der Waals surface area contributed by atoms with Crippen LogP contribution in [-0.2, 0) is 19.4 Å². The number of anilines is 1. The average Bonchev–Trinajstić information content (AvgIpc) is 2.39. The van der Waals surface area contributed by atoms with Gasteiger partial charge in [0.05, 0.1) is 5.02 Å². The Hall–Kier alpha value is -1.67. The number of carbonyl (C=O) groups excluding carboxylic acids is 2. The van der Waals surface area contributed by atoms with E-state index in [9.17, 15) is 18.0 Å². The van der Waals surface area contributed by atoms with Crippen molar-refractivity contribution in [3.8, 4) is 0 Å². The van der Waals surface area contributed by atoms with Crippen molar-refractivity contribution in [3.05, 3.63) is 23.4 Å². The molecule has 2 amide bonds. The van der Waals surface area contributed by atoms with Crippen LogP contribution >= 0.6 is 11.6 Å². The summed E-state index contributed by atoms with van der Waals surface area (Å²) >= 11 is 5.64. The smallest absolute Gasteiger partial charge is 0.314 e. The summed E-state index contributed by atoms with van der Waals surface area (Å²) in [5, 5.41) is 5.14. The summed E-state index contributed by atoms with van der Waals surface area (Å²) in [7, 11) is -3.00. The molecule has 0 saturated carbocycles. The van der Waals surface area contributed by atoms with Gasteiger partial charge in [-0.05, 0) is 25.0 Å². The first-order valence-electron chi connectivity index (χ1n) is 6.16. The standard InChI is InChI=1S/C12H16ClN3O4S/c1-21(19,20)7-3-2-6-14-11(17)12(18)16-10-5-4-9(13)8-15-10/h4-5,8H,2-3,6-7H2,1H3,(H,14,17)(H,15,16,18). The molecule has 0 bridgehead atoms. The fraction of sp³-hybridized carbons (Fsp3) is 0.417. The lowest BCUT2D eigenvalue weighted by molar-refractivity contribution is -0.136. The van der Waals surface area contributed by atoms with Gasteiger partial charge >= 0.3 is 11.8 Å². The fourth-order valence-electron chi connectivity index (χ4n) is 1.39. The highest BCUT2D eigenvalue weighted by atomic mass is 35.5. The van der Waals surface area contributed by atoms with Gasteiger partial charge in [0.2, 0.25) is 0 Å². The van der Waals surface area contributed by atoms with E-state index in [2.05, 4.69) is 15.6 Å². The lowest BCUT2D eigenvalue weighted by Crippen LogP contribution is -2.36. The summed E-state index contributed by atoms with van der Waals surface area (Å²) in [5.41, 5.74) is 0. The summed E-state index contributed by atoms with van der Waals surface area (Å²) in [5.74, 6) is -1.36. The number of hydrogen-bond acceptors (Lipinski definition) is 5. The Bertz CT molecular complexity index is 601. The minimum atomic E-state index is -3.00. The molecule has 1 heterocycles. The molecule has 0 saturated heterocycles. The van der Waals surface area contributed by atoms with E-state index in [0.717, 1.165) is 6.26 Å². The molecule has 116 valence electrons. The van der Waals surface area contributed by atoms with Crippen LogP contribution in [0.2, 0.25) is 5.02 Å². The van der Waals surface area contributed by atoms with Crippen LogP contribution in [0.15, 0.2) is 18.3 Å². The first kappa shape index (κ1) is 17.4. The fourth-order valence-corrected chi connectivity index (χ4v) is 2.23. The molecule has 0 spiro atoms. The normalized spacial score (nSPS) is 11.0. The number of unbranched alkanes of at least 4 members (excludes halogenated alkanes) is 1. The van der Waals surface area contributed by atoms with E-state index in [4.69, 9.17) is 11.6 Å². The van der Waals surface area contributed by atoms with Crippen molar-refractivity contribution in [2.45, 2.75) is 12.8 Å². The molecular weight excluding hydrogens is 318 g/mol. The van der Waals surface area contributed by atoms with Gasteiger partial charge in [-0.25, -0.2) is 13.4 Å².